The molecule has 0 fully saturated rings. The Kier molecular flexibility index (Phi) is 6.14. The maximum atomic E-state index is 11.6. The predicted octanol–water partition coefficient (Wildman–Crippen LogP) is 3.41. The first-order valence-electron chi connectivity index (χ1n) is 7.58. The van der Waals surface area contributed by atoms with E-state index < -0.39 is 6.09 Å². The zero-order valence-electron chi connectivity index (χ0n) is 13.5. The van der Waals surface area contributed by atoms with Crippen LogP contribution in [0, 0.1) is 0 Å². The molecule has 0 aliphatic rings. The lowest BCUT2D eigenvalue weighted by atomic mass is 10.1. The Bertz CT molecular complexity index is 740. The minimum atomic E-state index is -0.483. The molecule has 0 atom stereocenters. The smallest absolute Gasteiger partial charge is 0.407 e. The fourth-order valence-electron chi connectivity index (χ4n) is 2.05. The number of carbonyl (C=O) groups is 2. The Balaban J connectivity index is 1.78. The number of carbonyl (C=O) groups excluding carboxylic acids is 2. The van der Waals surface area contributed by atoms with Crippen molar-refractivity contribution in [2.24, 2.45) is 0 Å². The van der Waals surface area contributed by atoms with E-state index in [-0.39, 0.29) is 12.4 Å². The normalized spacial score (nSPS) is 10.5. The second kappa shape index (κ2) is 8.53. The third-order valence-corrected chi connectivity index (χ3v) is 3.37. The molecule has 2 aromatic rings. The summed E-state index contributed by atoms with van der Waals surface area (Å²) >= 11 is 0. The third kappa shape index (κ3) is 5.28. The SMILES string of the molecule is CC(=O)c1ccc(C=CCNC(=O)OCc2ccccc2)c(N)c1. The quantitative estimate of drug-likeness (QED) is 0.630. The predicted molar refractivity (Wildman–Crippen MR) is 94.5 cm³/mol. The van der Waals surface area contributed by atoms with E-state index in [1.807, 2.05) is 30.3 Å². The number of alkyl carbamates (subject to hydrolysis) is 1. The summed E-state index contributed by atoms with van der Waals surface area (Å²) in [4.78, 5) is 22.9. The standard InChI is InChI=1S/C19H20N2O3/c1-14(22)17-10-9-16(18(20)12-17)8-5-11-21-19(23)24-13-15-6-3-2-4-7-15/h2-10,12H,11,13,20H2,1H3,(H,21,23). The molecule has 124 valence electrons. The fourth-order valence-corrected chi connectivity index (χ4v) is 2.05. The molecular weight excluding hydrogens is 304 g/mol. The molecule has 0 bridgehead atoms. The number of nitrogens with one attached hydrogen (secondary N) is 1. The van der Waals surface area contributed by atoms with Crippen LogP contribution in [-0.4, -0.2) is 18.4 Å². The Morgan fingerprint density at radius 3 is 2.58 bits per heavy atom. The molecule has 0 saturated carbocycles. The zero-order chi connectivity index (χ0) is 17.4. The van der Waals surface area contributed by atoms with Crippen molar-refractivity contribution in [3.63, 3.8) is 0 Å². The molecule has 2 rings (SSSR count). The van der Waals surface area contributed by atoms with Gasteiger partial charge in [0, 0.05) is 17.8 Å². The van der Waals surface area contributed by atoms with Gasteiger partial charge in [0.05, 0.1) is 0 Å². The van der Waals surface area contributed by atoms with Gasteiger partial charge in [0.15, 0.2) is 5.78 Å². The van der Waals surface area contributed by atoms with Gasteiger partial charge in [-0.2, -0.15) is 0 Å². The van der Waals surface area contributed by atoms with Gasteiger partial charge < -0.3 is 15.8 Å². The number of nitrogen functional groups attached to an aromatic ring is 1. The van der Waals surface area contributed by atoms with Crippen LogP contribution in [0.25, 0.3) is 6.08 Å². The summed E-state index contributed by atoms with van der Waals surface area (Å²) in [5.74, 6) is -0.0277. The van der Waals surface area contributed by atoms with Gasteiger partial charge in [0.1, 0.15) is 6.61 Å². The number of rotatable bonds is 6. The summed E-state index contributed by atoms with van der Waals surface area (Å²) in [5.41, 5.74) is 8.72. The highest BCUT2D eigenvalue weighted by Gasteiger charge is 2.03. The van der Waals surface area contributed by atoms with Crippen LogP contribution in [0.3, 0.4) is 0 Å². The molecule has 2 aromatic carbocycles. The van der Waals surface area contributed by atoms with Gasteiger partial charge in [-0.1, -0.05) is 54.6 Å². The molecule has 0 aliphatic carbocycles. The lowest BCUT2D eigenvalue weighted by Crippen LogP contribution is -2.24. The van der Waals surface area contributed by atoms with E-state index in [9.17, 15) is 9.59 Å². The topological polar surface area (TPSA) is 81.4 Å². The lowest BCUT2D eigenvalue weighted by Gasteiger charge is -2.05. The molecule has 0 unspecified atom stereocenters. The highest BCUT2D eigenvalue weighted by Crippen LogP contribution is 2.16. The van der Waals surface area contributed by atoms with Gasteiger partial charge in [-0.3, -0.25) is 4.79 Å². The second-order valence-corrected chi connectivity index (χ2v) is 5.24. The van der Waals surface area contributed by atoms with E-state index in [1.165, 1.54) is 6.92 Å². The van der Waals surface area contributed by atoms with Crippen LogP contribution < -0.4 is 11.1 Å². The van der Waals surface area contributed by atoms with Gasteiger partial charge in [0.25, 0.3) is 0 Å². The van der Waals surface area contributed by atoms with Crippen molar-refractivity contribution in [2.45, 2.75) is 13.5 Å². The average Bonchev–Trinajstić information content (AvgIpc) is 2.58. The summed E-state index contributed by atoms with van der Waals surface area (Å²) in [6, 6.07) is 14.6. The first kappa shape index (κ1) is 17.3. The molecule has 0 saturated heterocycles. The van der Waals surface area contributed by atoms with E-state index in [0.29, 0.717) is 17.8 Å². The van der Waals surface area contributed by atoms with E-state index in [1.54, 1.807) is 30.4 Å². The van der Waals surface area contributed by atoms with Crippen LogP contribution in [-0.2, 0) is 11.3 Å². The lowest BCUT2D eigenvalue weighted by molar-refractivity contribution is 0.101. The van der Waals surface area contributed by atoms with Crippen LogP contribution in [0.4, 0.5) is 10.5 Å². The second-order valence-electron chi connectivity index (χ2n) is 5.24. The van der Waals surface area contributed by atoms with Crippen molar-refractivity contribution < 1.29 is 14.3 Å². The maximum absolute atomic E-state index is 11.6. The number of hydrogen-bond donors (Lipinski definition) is 2. The number of Topliss-reactive ketones (excluding diaryl/α,β-unsaturated/α-hetero) is 1. The summed E-state index contributed by atoms with van der Waals surface area (Å²) in [6.45, 7) is 2.05. The van der Waals surface area contributed by atoms with Crippen molar-refractivity contribution in [1.82, 2.24) is 5.32 Å². The summed E-state index contributed by atoms with van der Waals surface area (Å²) < 4.78 is 5.10. The van der Waals surface area contributed by atoms with E-state index >= 15 is 0 Å². The van der Waals surface area contributed by atoms with Gasteiger partial charge in [-0.15, -0.1) is 0 Å². The van der Waals surface area contributed by atoms with E-state index in [4.69, 9.17) is 10.5 Å². The number of nitrogens with two attached hydrogens (primary N) is 1. The summed E-state index contributed by atoms with van der Waals surface area (Å²) in [7, 11) is 0. The fraction of sp³-hybridized carbons (Fsp3) is 0.158. The number of hydrogen-bond acceptors (Lipinski definition) is 4. The third-order valence-electron chi connectivity index (χ3n) is 3.37. The van der Waals surface area contributed by atoms with E-state index in [2.05, 4.69) is 5.32 Å². The Hall–Kier alpha value is -3.08. The van der Waals surface area contributed by atoms with Crippen molar-refractivity contribution in [2.75, 3.05) is 12.3 Å². The largest absolute Gasteiger partial charge is 0.445 e. The van der Waals surface area contributed by atoms with Crippen molar-refractivity contribution in [3.8, 4) is 0 Å². The number of benzene rings is 2. The number of ether oxygens (including phenoxy) is 1. The minimum absolute atomic E-state index is 0.0277. The number of amides is 1. The molecule has 0 heterocycles. The van der Waals surface area contributed by atoms with Crippen molar-refractivity contribution in [1.29, 1.82) is 0 Å². The zero-order valence-corrected chi connectivity index (χ0v) is 13.5. The first-order valence-corrected chi connectivity index (χ1v) is 7.58. The Labute approximate surface area is 141 Å². The molecule has 0 aromatic heterocycles. The van der Waals surface area contributed by atoms with Crippen LogP contribution in [0.15, 0.2) is 54.6 Å². The Morgan fingerprint density at radius 2 is 1.92 bits per heavy atom. The first-order chi connectivity index (χ1) is 11.6. The average molecular weight is 324 g/mol. The molecule has 0 spiro atoms. The number of anilines is 1. The van der Waals surface area contributed by atoms with Gasteiger partial charge >= 0.3 is 6.09 Å². The summed E-state index contributed by atoms with van der Waals surface area (Å²) in [6.07, 6.45) is 3.07. The minimum Gasteiger partial charge on any atom is -0.445 e. The number of ketones is 1. The molecule has 5 nitrogen and oxygen atoms in total. The highest BCUT2D eigenvalue weighted by molar-refractivity contribution is 5.95. The molecule has 24 heavy (non-hydrogen) atoms. The van der Waals surface area contributed by atoms with Crippen LogP contribution in [0.1, 0.15) is 28.4 Å². The van der Waals surface area contributed by atoms with Crippen LogP contribution >= 0.6 is 0 Å². The van der Waals surface area contributed by atoms with Gasteiger partial charge in [-0.05, 0) is 24.1 Å². The highest BCUT2D eigenvalue weighted by atomic mass is 16.5. The molecule has 5 heteroatoms. The molecule has 0 aliphatic heterocycles. The van der Waals surface area contributed by atoms with E-state index in [0.717, 1.165) is 11.1 Å². The van der Waals surface area contributed by atoms with Gasteiger partial charge in [-0.25, -0.2) is 4.79 Å². The monoisotopic (exact) mass is 324 g/mol. The van der Waals surface area contributed by atoms with Crippen molar-refractivity contribution >= 4 is 23.6 Å². The molecule has 1 amide bonds. The van der Waals surface area contributed by atoms with Crippen molar-refractivity contribution in [3.05, 3.63) is 71.3 Å². The molecule has 0 radical (unpaired) electrons. The molecular formula is C19H20N2O3. The maximum Gasteiger partial charge on any atom is 0.407 e. The Morgan fingerprint density at radius 1 is 1.17 bits per heavy atom. The van der Waals surface area contributed by atoms with Gasteiger partial charge in [0.2, 0.25) is 0 Å². The van der Waals surface area contributed by atoms with Crippen LogP contribution in [0.2, 0.25) is 0 Å². The van der Waals surface area contributed by atoms with Crippen LogP contribution in [0.5, 0.6) is 0 Å². The summed E-state index contributed by atoms with van der Waals surface area (Å²) in [5, 5.41) is 2.63. The molecule has 3 N–H and O–H groups in total.